The molecule has 2 aromatic carbocycles. The number of ether oxygens (including phenoxy) is 2. The first kappa shape index (κ1) is 17.9. The minimum atomic E-state index is -0.153. The van der Waals surface area contributed by atoms with Crippen molar-refractivity contribution in [3.63, 3.8) is 0 Å². The maximum atomic E-state index is 12.4. The highest BCUT2D eigenvalue weighted by atomic mass is 35.5. The number of hydrogen-bond acceptors (Lipinski definition) is 4. The van der Waals surface area contributed by atoms with Gasteiger partial charge in [-0.1, -0.05) is 29.8 Å². The Bertz CT molecular complexity index is 692. The number of rotatable bonds is 7. The van der Waals surface area contributed by atoms with Crippen LogP contribution in [0.5, 0.6) is 11.5 Å². The van der Waals surface area contributed by atoms with E-state index in [1.165, 1.54) is 14.2 Å². The van der Waals surface area contributed by atoms with Crippen molar-refractivity contribution in [3.05, 3.63) is 47.5 Å². The second-order valence-corrected chi connectivity index (χ2v) is 5.49. The second kappa shape index (κ2) is 8.45. The molecule has 6 heteroatoms. The molecule has 0 spiro atoms. The van der Waals surface area contributed by atoms with Gasteiger partial charge in [-0.3, -0.25) is 4.79 Å². The van der Waals surface area contributed by atoms with Crippen molar-refractivity contribution in [2.45, 2.75) is 6.92 Å². The molecule has 24 heavy (non-hydrogen) atoms. The Morgan fingerprint density at radius 3 is 2.38 bits per heavy atom. The highest BCUT2D eigenvalue weighted by molar-refractivity contribution is 6.32. The zero-order chi connectivity index (χ0) is 17.5. The van der Waals surface area contributed by atoms with E-state index in [2.05, 4.69) is 5.32 Å². The number of methoxy groups -OCH3 is 2. The first-order chi connectivity index (χ1) is 11.6. The lowest BCUT2D eigenvalue weighted by atomic mass is 10.2. The number of carbonyl (C=O) groups excluding carboxylic acids is 1. The quantitative estimate of drug-likeness (QED) is 0.826. The van der Waals surface area contributed by atoms with Crippen LogP contribution in [0.1, 0.15) is 6.92 Å². The number of para-hydroxylation sites is 1. The SMILES string of the molecule is CCN(CC(=O)Nc1cc(Cl)c(OC)cc1OC)c1ccccc1. The molecule has 5 nitrogen and oxygen atoms in total. The molecule has 0 radical (unpaired) electrons. The fourth-order valence-electron chi connectivity index (χ4n) is 2.35. The highest BCUT2D eigenvalue weighted by Gasteiger charge is 2.15. The Morgan fingerprint density at radius 2 is 1.79 bits per heavy atom. The molecule has 0 atom stereocenters. The van der Waals surface area contributed by atoms with E-state index in [-0.39, 0.29) is 12.5 Å². The third kappa shape index (κ3) is 4.32. The van der Waals surface area contributed by atoms with Gasteiger partial charge in [-0.2, -0.15) is 0 Å². The molecule has 0 unspecified atom stereocenters. The van der Waals surface area contributed by atoms with Gasteiger partial charge in [-0.05, 0) is 25.1 Å². The number of carbonyl (C=O) groups is 1. The van der Waals surface area contributed by atoms with Crippen molar-refractivity contribution >= 4 is 28.9 Å². The number of benzene rings is 2. The van der Waals surface area contributed by atoms with Gasteiger partial charge in [-0.15, -0.1) is 0 Å². The predicted octanol–water partition coefficient (Wildman–Crippen LogP) is 3.82. The second-order valence-electron chi connectivity index (χ2n) is 5.08. The van der Waals surface area contributed by atoms with Gasteiger partial charge in [0.25, 0.3) is 0 Å². The van der Waals surface area contributed by atoms with Crippen LogP contribution >= 0.6 is 11.6 Å². The van der Waals surface area contributed by atoms with Crippen LogP contribution in [-0.2, 0) is 4.79 Å². The van der Waals surface area contributed by atoms with Crippen LogP contribution in [0.3, 0.4) is 0 Å². The molecule has 0 fully saturated rings. The molecule has 0 saturated carbocycles. The third-order valence-electron chi connectivity index (χ3n) is 3.59. The average molecular weight is 349 g/mol. The number of nitrogens with one attached hydrogen (secondary N) is 1. The molecule has 0 aliphatic rings. The molecule has 2 aromatic rings. The van der Waals surface area contributed by atoms with Gasteiger partial charge in [0.15, 0.2) is 0 Å². The van der Waals surface area contributed by atoms with Crippen LogP contribution in [0.15, 0.2) is 42.5 Å². The minimum absolute atomic E-state index is 0.153. The molecular formula is C18H21ClN2O3. The van der Waals surface area contributed by atoms with Gasteiger partial charge in [0.1, 0.15) is 11.5 Å². The lowest BCUT2D eigenvalue weighted by Gasteiger charge is -2.22. The summed E-state index contributed by atoms with van der Waals surface area (Å²) >= 11 is 6.13. The lowest BCUT2D eigenvalue weighted by molar-refractivity contribution is -0.115. The molecule has 0 aliphatic carbocycles. The number of amides is 1. The van der Waals surface area contributed by atoms with Gasteiger partial charge >= 0.3 is 0 Å². The monoisotopic (exact) mass is 348 g/mol. The number of likely N-dealkylation sites (N-methyl/N-ethyl adjacent to an activating group) is 1. The summed E-state index contributed by atoms with van der Waals surface area (Å²) in [6, 6.07) is 13.1. The van der Waals surface area contributed by atoms with E-state index in [9.17, 15) is 4.79 Å². The maximum Gasteiger partial charge on any atom is 0.243 e. The maximum absolute atomic E-state index is 12.4. The fraction of sp³-hybridized carbons (Fsp3) is 0.278. The topological polar surface area (TPSA) is 50.8 Å². The van der Waals surface area contributed by atoms with E-state index in [1.54, 1.807) is 12.1 Å². The Hall–Kier alpha value is -2.40. The van der Waals surface area contributed by atoms with Gasteiger partial charge in [-0.25, -0.2) is 0 Å². The van der Waals surface area contributed by atoms with Crippen LogP contribution in [-0.4, -0.2) is 33.2 Å². The molecule has 128 valence electrons. The minimum Gasteiger partial charge on any atom is -0.495 e. The number of nitrogens with zero attached hydrogens (tertiary/aromatic N) is 1. The normalized spacial score (nSPS) is 10.2. The standard InChI is InChI=1S/C18H21ClN2O3/c1-4-21(13-8-6-5-7-9-13)12-18(22)20-15-10-14(19)16(23-2)11-17(15)24-3/h5-11H,4,12H2,1-3H3,(H,20,22). The highest BCUT2D eigenvalue weighted by Crippen LogP contribution is 2.35. The largest absolute Gasteiger partial charge is 0.495 e. The lowest BCUT2D eigenvalue weighted by Crippen LogP contribution is -2.33. The molecule has 1 N–H and O–H groups in total. The fourth-order valence-corrected chi connectivity index (χ4v) is 2.59. The van der Waals surface area contributed by atoms with E-state index in [1.807, 2.05) is 42.2 Å². The molecular weight excluding hydrogens is 328 g/mol. The van der Waals surface area contributed by atoms with E-state index >= 15 is 0 Å². The van der Waals surface area contributed by atoms with Crippen LogP contribution in [0.2, 0.25) is 5.02 Å². The summed E-state index contributed by atoms with van der Waals surface area (Å²) in [5.41, 5.74) is 1.51. The van der Waals surface area contributed by atoms with Crippen molar-refractivity contribution in [2.24, 2.45) is 0 Å². The Morgan fingerprint density at radius 1 is 1.12 bits per heavy atom. The van der Waals surface area contributed by atoms with Crippen LogP contribution in [0.25, 0.3) is 0 Å². The van der Waals surface area contributed by atoms with Crippen molar-refractivity contribution in [1.82, 2.24) is 0 Å². The number of anilines is 2. The van der Waals surface area contributed by atoms with E-state index in [0.717, 1.165) is 12.2 Å². The zero-order valence-electron chi connectivity index (χ0n) is 14.0. The molecule has 0 aliphatic heterocycles. The summed E-state index contributed by atoms with van der Waals surface area (Å²) in [7, 11) is 3.05. The van der Waals surface area contributed by atoms with Gasteiger partial charge in [0.05, 0.1) is 31.5 Å². The smallest absolute Gasteiger partial charge is 0.243 e. The van der Waals surface area contributed by atoms with Crippen LogP contribution < -0.4 is 19.7 Å². The summed E-state index contributed by atoms with van der Waals surface area (Å²) in [5, 5.41) is 3.25. The zero-order valence-corrected chi connectivity index (χ0v) is 14.8. The van der Waals surface area contributed by atoms with Gasteiger partial charge in [0, 0.05) is 18.3 Å². The third-order valence-corrected chi connectivity index (χ3v) is 3.88. The van der Waals surface area contributed by atoms with Gasteiger partial charge in [0.2, 0.25) is 5.91 Å². The summed E-state index contributed by atoms with van der Waals surface area (Å²) < 4.78 is 10.4. The molecule has 0 heterocycles. The number of halogens is 1. The van der Waals surface area contributed by atoms with Crippen LogP contribution in [0.4, 0.5) is 11.4 Å². The summed E-state index contributed by atoms with van der Waals surface area (Å²) in [5.74, 6) is 0.832. The van der Waals surface area contributed by atoms with Crippen molar-refractivity contribution < 1.29 is 14.3 Å². The average Bonchev–Trinajstić information content (AvgIpc) is 2.60. The Kier molecular flexibility index (Phi) is 6.32. The molecule has 2 rings (SSSR count). The van der Waals surface area contributed by atoms with E-state index in [0.29, 0.717) is 22.2 Å². The van der Waals surface area contributed by atoms with Gasteiger partial charge < -0.3 is 19.7 Å². The molecule has 0 saturated heterocycles. The summed E-state index contributed by atoms with van der Waals surface area (Å²) in [6.07, 6.45) is 0. The van der Waals surface area contributed by atoms with Crippen molar-refractivity contribution in [1.29, 1.82) is 0 Å². The number of hydrogen-bond donors (Lipinski definition) is 1. The first-order valence-electron chi connectivity index (χ1n) is 7.60. The molecule has 1 amide bonds. The van der Waals surface area contributed by atoms with E-state index in [4.69, 9.17) is 21.1 Å². The first-order valence-corrected chi connectivity index (χ1v) is 7.98. The van der Waals surface area contributed by atoms with Crippen molar-refractivity contribution in [3.8, 4) is 11.5 Å². The predicted molar refractivity (Wildman–Crippen MR) is 97.5 cm³/mol. The Labute approximate surface area is 147 Å². The van der Waals surface area contributed by atoms with Crippen molar-refractivity contribution in [2.75, 3.05) is 37.5 Å². The summed E-state index contributed by atoms with van der Waals surface area (Å²) in [6.45, 7) is 2.95. The summed E-state index contributed by atoms with van der Waals surface area (Å²) in [4.78, 5) is 14.4. The molecule has 0 aromatic heterocycles. The Balaban J connectivity index is 2.13. The van der Waals surface area contributed by atoms with Crippen LogP contribution in [0, 0.1) is 0 Å². The van der Waals surface area contributed by atoms with E-state index < -0.39 is 0 Å². The molecule has 0 bridgehead atoms.